The number of carbonyl (C=O) groups is 4. The average molecular weight is 643 g/mol. The number of amides is 2. The fraction of sp³-hybridized carbons (Fsp3) is 0.419. The van der Waals surface area contributed by atoms with Crippen LogP contribution in [-0.2, 0) is 38.4 Å². The summed E-state index contributed by atoms with van der Waals surface area (Å²) in [4.78, 5) is 52.5. The summed E-state index contributed by atoms with van der Waals surface area (Å²) in [7, 11) is 1.33. The van der Waals surface area contributed by atoms with Crippen LogP contribution >= 0.6 is 15.9 Å². The predicted octanol–water partition coefficient (Wildman–Crippen LogP) is 6.21. The number of methoxy groups -OCH3 is 1. The Bertz CT molecular complexity index is 1520. The molecule has 224 valence electrons. The summed E-state index contributed by atoms with van der Waals surface area (Å²) in [6, 6.07) is 9.38. The molecule has 1 aliphatic rings. The topological polar surface area (TPSA) is 147 Å². The first kappa shape index (κ1) is 31.1. The lowest BCUT2D eigenvalue weighted by Crippen LogP contribution is -2.32. The van der Waals surface area contributed by atoms with Gasteiger partial charge in [0.2, 0.25) is 5.91 Å². The summed E-state index contributed by atoms with van der Waals surface area (Å²) in [5.74, 6) is -1.79. The number of aliphatic carboxylic acids is 1. The van der Waals surface area contributed by atoms with Gasteiger partial charge < -0.3 is 30.2 Å². The Balaban J connectivity index is 1.53. The van der Waals surface area contributed by atoms with Crippen LogP contribution in [0.1, 0.15) is 85.1 Å². The average Bonchev–Trinajstić information content (AvgIpc) is 3.29. The second-order valence-electron chi connectivity index (χ2n) is 11.5. The van der Waals surface area contributed by atoms with E-state index >= 15 is 0 Å². The number of hydrogen-bond acceptors (Lipinski definition) is 6. The molecule has 1 aliphatic carbocycles. The molecule has 4 rings (SSSR count). The number of rotatable bonds is 10. The van der Waals surface area contributed by atoms with Gasteiger partial charge >= 0.3 is 18.0 Å². The lowest BCUT2D eigenvalue weighted by Gasteiger charge is -2.24. The fourth-order valence-corrected chi connectivity index (χ4v) is 5.89. The van der Waals surface area contributed by atoms with Gasteiger partial charge in [-0.1, -0.05) is 28.1 Å². The number of ether oxygens (including phenoxy) is 2. The van der Waals surface area contributed by atoms with Crippen LogP contribution in [0.3, 0.4) is 0 Å². The Morgan fingerprint density at radius 3 is 2.60 bits per heavy atom. The van der Waals surface area contributed by atoms with E-state index in [9.17, 15) is 19.2 Å². The van der Waals surface area contributed by atoms with Gasteiger partial charge in [0.1, 0.15) is 11.3 Å². The zero-order valence-electron chi connectivity index (χ0n) is 24.2. The second kappa shape index (κ2) is 13.0. The molecule has 10 nitrogen and oxygen atoms in total. The van der Waals surface area contributed by atoms with Gasteiger partial charge in [-0.25, -0.2) is 9.59 Å². The minimum absolute atomic E-state index is 0.00877. The Morgan fingerprint density at radius 2 is 1.90 bits per heavy atom. The van der Waals surface area contributed by atoms with E-state index in [0.717, 1.165) is 44.1 Å². The van der Waals surface area contributed by atoms with E-state index in [2.05, 4.69) is 31.5 Å². The third-order valence-electron chi connectivity index (χ3n) is 7.09. The smallest absolute Gasteiger partial charge is 0.407 e. The summed E-state index contributed by atoms with van der Waals surface area (Å²) in [5, 5.41) is 15.8. The molecular weight excluding hydrogens is 606 g/mol. The molecule has 1 unspecified atom stereocenters. The van der Waals surface area contributed by atoms with Crippen LogP contribution in [0.15, 0.2) is 34.8 Å². The first-order valence-electron chi connectivity index (χ1n) is 13.9. The highest BCUT2D eigenvalue weighted by atomic mass is 79.9. The van der Waals surface area contributed by atoms with Gasteiger partial charge in [0.25, 0.3) is 0 Å². The molecule has 0 spiro atoms. The number of carbonyl (C=O) groups excluding carboxylic acids is 3. The van der Waals surface area contributed by atoms with Gasteiger partial charge in [-0.2, -0.15) is 0 Å². The van der Waals surface area contributed by atoms with E-state index in [1.807, 2.05) is 18.2 Å². The first-order valence-corrected chi connectivity index (χ1v) is 14.7. The van der Waals surface area contributed by atoms with Crippen molar-refractivity contribution in [2.45, 2.75) is 77.4 Å². The minimum atomic E-state index is -0.896. The largest absolute Gasteiger partial charge is 0.481 e. The number of aromatic amines is 1. The lowest BCUT2D eigenvalue weighted by atomic mass is 9.81. The van der Waals surface area contributed by atoms with Gasteiger partial charge in [-0.15, -0.1) is 0 Å². The zero-order chi connectivity index (χ0) is 30.6. The molecule has 0 radical (unpaired) electrons. The number of benzene rings is 2. The van der Waals surface area contributed by atoms with E-state index in [-0.39, 0.29) is 31.2 Å². The van der Waals surface area contributed by atoms with Crippen molar-refractivity contribution < 1.29 is 33.8 Å². The molecule has 2 amide bonds. The molecule has 1 atom stereocenters. The van der Waals surface area contributed by atoms with Crippen LogP contribution in [0.25, 0.3) is 10.9 Å². The van der Waals surface area contributed by atoms with E-state index in [1.165, 1.54) is 7.11 Å². The molecule has 0 fully saturated rings. The van der Waals surface area contributed by atoms with Crippen molar-refractivity contribution in [1.29, 1.82) is 0 Å². The Morgan fingerprint density at radius 1 is 1.14 bits per heavy atom. The molecule has 1 aromatic heterocycles. The molecule has 0 saturated carbocycles. The number of carboxylic acid groups (broad SMARTS) is 1. The molecule has 0 saturated heterocycles. The van der Waals surface area contributed by atoms with Gasteiger partial charge in [0, 0.05) is 40.4 Å². The number of aryl methyl sites for hydroxylation is 2. The number of esters is 1. The molecule has 42 heavy (non-hydrogen) atoms. The van der Waals surface area contributed by atoms with E-state index < -0.39 is 23.6 Å². The highest BCUT2D eigenvalue weighted by Crippen LogP contribution is 2.42. The molecule has 11 heteroatoms. The molecule has 0 bridgehead atoms. The summed E-state index contributed by atoms with van der Waals surface area (Å²) in [6.07, 6.45) is 1.87. The Kier molecular flexibility index (Phi) is 9.60. The summed E-state index contributed by atoms with van der Waals surface area (Å²) in [5.41, 5.74) is 4.60. The summed E-state index contributed by atoms with van der Waals surface area (Å²) < 4.78 is 11.2. The van der Waals surface area contributed by atoms with Crippen molar-refractivity contribution in [3.8, 4) is 0 Å². The molecule has 2 aromatic carbocycles. The molecule has 4 N–H and O–H groups in total. The van der Waals surface area contributed by atoms with Crippen LogP contribution in [-0.4, -0.2) is 46.7 Å². The minimum Gasteiger partial charge on any atom is -0.481 e. The third-order valence-corrected chi connectivity index (χ3v) is 7.55. The second-order valence-corrected chi connectivity index (χ2v) is 12.4. The van der Waals surface area contributed by atoms with Crippen molar-refractivity contribution in [1.82, 2.24) is 10.3 Å². The van der Waals surface area contributed by atoms with E-state index in [4.69, 9.17) is 14.6 Å². The number of alkyl carbamates (subject to hydrolysis) is 1. The van der Waals surface area contributed by atoms with Crippen LogP contribution < -0.4 is 10.6 Å². The number of hydrogen-bond donors (Lipinski definition) is 4. The summed E-state index contributed by atoms with van der Waals surface area (Å²) in [6.45, 7) is 5.56. The van der Waals surface area contributed by atoms with Crippen molar-refractivity contribution in [3.05, 3.63) is 62.8 Å². The summed E-state index contributed by atoms with van der Waals surface area (Å²) >= 11 is 3.53. The molecule has 1 heterocycles. The molecular formula is C31H36BrN3O7. The number of H-pyrrole nitrogens is 1. The normalized spacial score (nSPS) is 14.4. The lowest BCUT2D eigenvalue weighted by molar-refractivity contribution is -0.137. The fourth-order valence-electron chi connectivity index (χ4n) is 5.38. The number of aromatic nitrogens is 1. The number of carboxylic acids is 1. The number of halogens is 1. The maximum absolute atomic E-state index is 13.4. The Hall–Kier alpha value is -3.86. The van der Waals surface area contributed by atoms with E-state index in [0.29, 0.717) is 30.6 Å². The van der Waals surface area contributed by atoms with Crippen molar-refractivity contribution in [2.75, 3.05) is 12.4 Å². The number of anilines is 1. The van der Waals surface area contributed by atoms with Gasteiger partial charge in [0.15, 0.2) is 0 Å². The van der Waals surface area contributed by atoms with E-state index in [1.54, 1.807) is 32.9 Å². The van der Waals surface area contributed by atoms with Gasteiger partial charge in [-0.05, 0) is 92.8 Å². The van der Waals surface area contributed by atoms with Crippen molar-refractivity contribution >= 4 is 56.5 Å². The molecule has 0 aliphatic heterocycles. The maximum Gasteiger partial charge on any atom is 0.407 e. The predicted molar refractivity (Wildman–Crippen MR) is 162 cm³/mol. The van der Waals surface area contributed by atoms with Gasteiger partial charge in [0.05, 0.1) is 7.11 Å². The highest BCUT2D eigenvalue weighted by Gasteiger charge is 2.31. The maximum atomic E-state index is 13.4. The van der Waals surface area contributed by atoms with Crippen LogP contribution in [0.4, 0.5) is 10.5 Å². The molecule has 3 aromatic rings. The Labute approximate surface area is 252 Å². The van der Waals surface area contributed by atoms with Crippen molar-refractivity contribution in [2.24, 2.45) is 0 Å². The van der Waals surface area contributed by atoms with Crippen molar-refractivity contribution in [3.63, 3.8) is 0 Å². The SMILES string of the molecule is COC(=O)c1[nH]c2cc(Br)cc3c2c1C(CC(=O)Nc1ccc(CNC(=O)OC(C)(C)C)cc1CCCC(=O)O)CC3. The van der Waals surface area contributed by atoms with Crippen LogP contribution in [0, 0.1) is 0 Å². The standard InChI is InChI=1S/C31H36BrN3O7/c1-31(2,3)42-30(40)33-16-17-8-11-22(18(12-17)6-5-7-25(37)38)34-24(36)14-20-10-9-19-13-21(32)15-23-26(19)27(20)28(35-23)29(39)41-4/h8,11-13,15,20,35H,5-7,9-10,14,16H2,1-4H3,(H,33,40)(H,34,36)(H,37,38). The third kappa shape index (κ3) is 7.70. The monoisotopic (exact) mass is 641 g/mol. The van der Waals surface area contributed by atoms with Crippen LogP contribution in [0.5, 0.6) is 0 Å². The van der Waals surface area contributed by atoms with Crippen LogP contribution in [0.2, 0.25) is 0 Å². The quantitative estimate of drug-likeness (QED) is 0.192. The highest BCUT2D eigenvalue weighted by molar-refractivity contribution is 9.10. The first-order chi connectivity index (χ1) is 19.8. The van der Waals surface area contributed by atoms with Gasteiger partial charge in [-0.3, -0.25) is 9.59 Å². The number of nitrogens with one attached hydrogen (secondary N) is 3. The zero-order valence-corrected chi connectivity index (χ0v) is 25.8.